The highest BCUT2D eigenvalue weighted by Gasteiger charge is 2.20. The summed E-state index contributed by atoms with van der Waals surface area (Å²) in [7, 11) is 0. The molecule has 0 radical (unpaired) electrons. The second-order valence-electron chi connectivity index (χ2n) is 4.57. The minimum absolute atomic E-state index is 0.332. The number of anilines is 1. The molecule has 0 atom stereocenters. The van der Waals surface area contributed by atoms with E-state index in [1.807, 2.05) is 0 Å². The molecule has 0 aliphatic carbocycles. The third-order valence-electron chi connectivity index (χ3n) is 2.63. The summed E-state index contributed by atoms with van der Waals surface area (Å²) in [6, 6.07) is 5.05. The molecule has 0 unspecified atom stereocenters. The lowest BCUT2D eigenvalue weighted by atomic mass is 9.99. The van der Waals surface area contributed by atoms with E-state index in [1.54, 1.807) is 18.2 Å². The van der Waals surface area contributed by atoms with Gasteiger partial charge < -0.3 is 10.3 Å². The molecule has 5 heteroatoms. The topological polar surface area (TPSA) is 52.0 Å². The van der Waals surface area contributed by atoms with Gasteiger partial charge in [-0.05, 0) is 40.4 Å². The number of benzene rings is 1. The number of hydrogen-bond donors (Lipinski definition) is 1. The molecule has 2 rings (SSSR count). The van der Waals surface area contributed by atoms with Gasteiger partial charge in [0.05, 0.1) is 10.0 Å². The average molecular weight is 313 g/mol. The summed E-state index contributed by atoms with van der Waals surface area (Å²) < 4.78 is 19.6. The highest BCUT2D eigenvalue weighted by Crippen LogP contribution is 2.33. The Kier molecular flexibility index (Phi) is 3.71. The normalized spacial score (nSPS) is 11.2. The van der Waals surface area contributed by atoms with Crippen molar-refractivity contribution in [3.05, 3.63) is 34.1 Å². The van der Waals surface area contributed by atoms with E-state index in [1.165, 1.54) is 0 Å². The molecule has 18 heavy (non-hydrogen) atoms. The first kappa shape index (κ1) is 13.1. The van der Waals surface area contributed by atoms with Crippen molar-refractivity contribution in [1.29, 1.82) is 0 Å². The first-order valence-electron chi connectivity index (χ1n) is 5.69. The molecular weight excluding hydrogens is 299 g/mol. The number of aromatic nitrogens is 1. The summed E-state index contributed by atoms with van der Waals surface area (Å²) in [6.07, 6.45) is 0.705. The fourth-order valence-electron chi connectivity index (χ4n) is 1.82. The Morgan fingerprint density at radius 2 is 2.17 bits per heavy atom. The minimum Gasteiger partial charge on any atom is -0.381 e. The highest BCUT2D eigenvalue weighted by molar-refractivity contribution is 9.10. The van der Waals surface area contributed by atoms with Crippen LogP contribution in [0, 0.1) is 11.7 Å². The summed E-state index contributed by atoms with van der Waals surface area (Å²) in [5, 5.41) is 3.74. The van der Waals surface area contributed by atoms with Crippen LogP contribution in [0.5, 0.6) is 0 Å². The van der Waals surface area contributed by atoms with Crippen LogP contribution < -0.4 is 5.73 Å². The number of rotatable bonds is 3. The van der Waals surface area contributed by atoms with Crippen molar-refractivity contribution in [3.8, 4) is 11.3 Å². The van der Waals surface area contributed by atoms with Gasteiger partial charge in [0.15, 0.2) is 11.6 Å². The zero-order valence-electron chi connectivity index (χ0n) is 10.2. The molecule has 1 aromatic carbocycles. The van der Waals surface area contributed by atoms with Gasteiger partial charge in [0, 0.05) is 5.56 Å². The minimum atomic E-state index is -0.362. The summed E-state index contributed by atoms with van der Waals surface area (Å²) in [4.78, 5) is 0. The van der Waals surface area contributed by atoms with Crippen molar-refractivity contribution in [2.45, 2.75) is 20.3 Å². The van der Waals surface area contributed by atoms with E-state index in [-0.39, 0.29) is 5.82 Å². The molecule has 1 heterocycles. The summed E-state index contributed by atoms with van der Waals surface area (Å²) in [5.41, 5.74) is 6.92. The number of nitrogen functional groups attached to an aromatic ring is 1. The van der Waals surface area contributed by atoms with Gasteiger partial charge in [-0.1, -0.05) is 25.1 Å². The number of hydrogen-bond acceptors (Lipinski definition) is 3. The molecule has 3 nitrogen and oxygen atoms in total. The van der Waals surface area contributed by atoms with Gasteiger partial charge in [0.2, 0.25) is 0 Å². The van der Waals surface area contributed by atoms with E-state index in [2.05, 4.69) is 34.9 Å². The average Bonchev–Trinajstić information content (AvgIpc) is 2.64. The van der Waals surface area contributed by atoms with Crippen molar-refractivity contribution in [2.75, 3.05) is 5.73 Å². The van der Waals surface area contributed by atoms with E-state index in [4.69, 9.17) is 10.3 Å². The number of nitrogens with zero attached hydrogens (tertiary/aromatic N) is 1. The van der Waals surface area contributed by atoms with E-state index in [9.17, 15) is 4.39 Å². The molecule has 0 aliphatic heterocycles. The maximum Gasteiger partial charge on any atom is 0.175 e. The van der Waals surface area contributed by atoms with Crippen molar-refractivity contribution in [3.63, 3.8) is 0 Å². The molecule has 0 aliphatic rings. The molecule has 0 bridgehead atoms. The maximum absolute atomic E-state index is 14.0. The lowest BCUT2D eigenvalue weighted by Crippen LogP contribution is -1.99. The fourth-order valence-corrected chi connectivity index (χ4v) is 2.18. The van der Waals surface area contributed by atoms with Crippen molar-refractivity contribution in [2.24, 2.45) is 5.92 Å². The van der Waals surface area contributed by atoms with Crippen LogP contribution in [-0.4, -0.2) is 5.16 Å². The quantitative estimate of drug-likeness (QED) is 0.931. The van der Waals surface area contributed by atoms with Gasteiger partial charge in [-0.25, -0.2) is 4.39 Å². The molecule has 0 spiro atoms. The van der Waals surface area contributed by atoms with Gasteiger partial charge in [-0.15, -0.1) is 0 Å². The monoisotopic (exact) mass is 312 g/mol. The predicted octanol–water partition coefficient (Wildman–Crippen LogP) is 4.02. The van der Waals surface area contributed by atoms with Gasteiger partial charge in [-0.3, -0.25) is 0 Å². The van der Waals surface area contributed by atoms with E-state index >= 15 is 0 Å². The van der Waals surface area contributed by atoms with Crippen LogP contribution in [0.2, 0.25) is 0 Å². The van der Waals surface area contributed by atoms with Crippen LogP contribution in [0.4, 0.5) is 10.2 Å². The Labute approximate surface area is 113 Å². The van der Waals surface area contributed by atoms with Gasteiger partial charge in [-0.2, -0.15) is 0 Å². The van der Waals surface area contributed by atoms with Crippen LogP contribution in [0.25, 0.3) is 11.3 Å². The van der Waals surface area contributed by atoms with Crippen LogP contribution >= 0.6 is 15.9 Å². The second-order valence-corrected chi connectivity index (χ2v) is 5.43. The Bertz CT molecular complexity index is 566. The third-order valence-corrected chi connectivity index (χ3v) is 3.24. The van der Waals surface area contributed by atoms with E-state index in [0.717, 1.165) is 5.56 Å². The molecular formula is C13H14BrFN2O. The van der Waals surface area contributed by atoms with Crippen LogP contribution in [0.3, 0.4) is 0 Å². The molecule has 1 aromatic heterocycles. The Morgan fingerprint density at radius 3 is 2.83 bits per heavy atom. The first-order valence-corrected chi connectivity index (χ1v) is 6.48. The first-order chi connectivity index (χ1) is 8.50. The Balaban J connectivity index is 2.54. The zero-order chi connectivity index (χ0) is 13.3. The van der Waals surface area contributed by atoms with Crippen molar-refractivity contribution >= 4 is 21.7 Å². The van der Waals surface area contributed by atoms with Gasteiger partial charge in [0.1, 0.15) is 5.82 Å². The number of nitrogens with two attached hydrogens (primary N) is 1. The van der Waals surface area contributed by atoms with Crippen LogP contribution in [-0.2, 0) is 6.42 Å². The summed E-state index contributed by atoms with van der Waals surface area (Å²) in [5.74, 6) is 0.775. The number of halogens is 2. The smallest absolute Gasteiger partial charge is 0.175 e. The molecule has 2 N–H and O–H groups in total. The molecule has 0 saturated heterocycles. The molecule has 0 fully saturated rings. The Hall–Kier alpha value is -1.36. The Morgan fingerprint density at radius 1 is 1.44 bits per heavy atom. The van der Waals surface area contributed by atoms with E-state index in [0.29, 0.717) is 34.0 Å². The molecule has 2 aromatic rings. The molecule has 0 saturated carbocycles. The standard InChI is InChI=1S/C13H14BrFN2O/c1-7(2)6-9-12(18-17-13(9)16)8-4-3-5-10(14)11(8)15/h3-5,7H,6H2,1-2H3,(H2,16,17). The largest absolute Gasteiger partial charge is 0.381 e. The lowest BCUT2D eigenvalue weighted by molar-refractivity contribution is 0.431. The second kappa shape index (κ2) is 5.10. The predicted molar refractivity (Wildman–Crippen MR) is 72.6 cm³/mol. The summed E-state index contributed by atoms with van der Waals surface area (Å²) >= 11 is 3.16. The van der Waals surface area contributed by atoms with Crippen LogP contribution in [0.15, 0.2) is 27.2 Å². The highest BCUT2D eigenvalue weighted by atomic mass is 79.9. The van der Waals surface area contributed by atoms with Crippen molar-refractivity contribution < 1.29 is 8.91 Å². The fraction of sp³-hybridized carbons (Fsp3) is 0.308. The molecule has 0 amide bonds. The van der Waals surface area contributed by atoms with E-state index < -0.39 is 0 Å². The maximum atomic E-state index is 14.0. The van der Waals surface area contributed by atoms with Crippen molar-refractivity contribution in [1.82, 2.24) is 5.16 Å². The zero-order valence-corrected chi connectivity index (χ0v) is 11.8. The third kappa shape index (κ3) is 2.41. The van der Waals surface area contributed by atoms with Gasteiger partial charge in [0.25, 0.3) is 0 Å². The van der Waals surface area contributed by atoms with Gasteiger partial charge >= 0.3 is 0 Å². The van der Waals surface area contributed by atoms with Crippen LogP contribution in [0.1, 0.15) is 19.4 Å². The molecule has 96 valence electrons. The summed E-state index contributed by atoms with van der Waals surface area (Å²) in [6.45, 7) is 4.13. The SMILES string of the molecule is CC(C)Cc1c(N)noc1-c1cccc(Br)c1F. The lowest BCUT2D eigenvalue weighted by Gasteiger charge is -2.06.